The maximum atomic E-state index is 12.9. The minimum absolute atomic E-state index is 0. The van der Waals surface area contributed by atoms with Crippen molar-refractivity contribution in [2.24, 2.45) is 23.5 Å². The Morgan fingerprint density at radius 2 is 1.57 bits per heavy atom. The summed E-state index contributed by atoms with van der Waals surface area (Å²) >= 11 is 0. The predicted molar refractivity (Wildman–Crippen MR) is 135 cm³/mol. The molecule has 8 heteroatoms. The summed E-state index contributed by atoms with van der Waals surface area (Å²) in [7, 11) is 4.59. The van der Waals surface area contributed by atoms with E-state index in [1.807, 2.05) is 6.92 Å². The van der Waals surface area contributed by atoms with E-state index < -0.39 is 0 Å². The standard InChI is InChI=1S/C27H48N4O3.ClH/c1-5-23(29-14-8-6-7-10-25(29)32)17-24(30-15-9-11-26(30)33)16-22-19-31(3,4)18-21(22)13-12-20(2)27(28)34;/h20-24H,5-19H2,1-4H3,(H-,28,34);1H. The Morgan fingerprint density at radius 3 is 2.20 bits per heavy atom. The number of likely N-dealkylation sites (tertiary alicyclic amines) is 3. The first-order valence-electron chi connectivity index (χ1n) is 13.8. The number of carbonyl (C=O) groups excluding carboxylic acids is 3. The van der Waals surface area contributed by atoms with Gasteiger partial charge >= 0.3 is 0 Å². The van der Waals surface area contributed by atoms with E-state index in [1.165, 1.54) is 0 Å². The molecule has 0 bridgehead atoms. The van der Waals surface area contributed by atoms with Crippen LogP contribution in [0.3, 0.4) is 0 Å². The van der Waals surface area contributed by atoms with Gasteiger partial charge in [0.2, 0.25) is 17.7 Å². The van der Waals surface area contributed by atoms with Crippen molar-refractivity contribution in [1.29, 1.82) is 0 Å². The molecule has 2 N–H and O–H groups in total. The number of halogens is 1. The largest absolute Gasteiger partial charge is 1.00 e. The summed E-state index contributed by atoms with van der Waals surface area (Å²) in [4.78, 5) is 41.6. The van der Waals surface area contributed by atoms with Crippen LogP contribution in [0.2, 0.25) is 0 Å². The van der Waals surface area contributed by atoms with Crippen LogP contribution in [0, 0.1) is 17.8 Å². The summed E-state index contributed by atoms with van der Waals surface area (Å²) in [6, 6.07) is 0.399. The minimum atomic E-state index is -0.211. The summed E-state index contributed by atoms with van der Waals surface area (Å²) in [5.74, 6) is 1.34. The first-order chi connectivity index (χ1) is 16.1. The van der Waals surface area contributed by atoms with E-state index in [0.717, 1.165) is 88.4 Å². The van der Waals surface area contributed by atoms with Crippen molar-refractivity contribution in [2.45, 2.75) is 96.6 Å². The van der Waals surface area contributed by atoms with Gasteiger partial charge in [0, 0.05) is 55.8 Å². The fraction of sp³-hybridized carbons (Fsp3) is 0.889. The molecule has 0 aromatic heterocycles. The molecule has 3 saturated heterocycles. The quantitative estimate of drug-likeness (QED) is 0.400. The number of primary amides is 1. The van der Waals surface area contributed by atoms with Crippen LogP contribution in [-0.2, 0) is 14.4 Å². The zero-order valence-corrected chi connectivity index (χ0v) is 23.3. The third-order valence-corrected chi connectivity index (χ3v) is 8.77. The Hall–Kier alpha value is -1.34. The summed E-state index contributed by atoms with van der Waals surface area (Å²) in [5, 5.41) is 0. The third kappa shape index (κ3) is 8.08. The van der Waals surface area contributed by atoms with Gasteiger partial charge < -0.3 is 32.4 Å². The number of amides is 3. The van der Waals surface area contributed by atoms with Gasteiger partial charge in [-0.05, 0) is 51.4 Å². The monoisotopic (exact) mass is 512 g/mol. The lowest BCUT2D eigenvalue weighted by Crippen LogP contribution is -3.00. The van der Waals surface area contributed by atoms with Gasteiger partial charge in [-0.3, -0.25) is 14.4 Å². The Kier molecular flexibility index (Phi) is 11.3. The summed E-state index contributed by atoms with van der Waals surface area (Å²) < 4.78 is 0.989. The molecule has 35 heavy (non-hydrogen) atoms. The number of hydrogen-bond acceptors (Lipinski definition) is 3. The molecular weight excluding hydrogens is 464 g/mol. The SMILES string of the molecule is CCC(CC(CC1C[N+](C)(C)CC1CCC(C)C(N)=O)N1CCCC1=O)N1CCCCCC1=O.[Cl-]. The van der Waals surface area contributed by atoms with E-state index in [0.29, 0.717) is 30.6 Å². The molecular formula is C27H49ClN4O3. The van der Waals surface area contributed by atoms with Crippen LogP contribution in [0.1, 0.15) is 84.5 Å². The van der Waals surface area contributed by atoms with Gasteiger partial charge in [-0.1, -0.05) is 20.3 Å². The maximum Gasteiger partial charge on any atom is 0.222 e. The lowest BCUT2D eigenvalue weighted by molar-refractivity contribution is -0.880. The van der Waals surface area contributed by atoms with Gasteiger partial charge in [-0.2, -0.15) is 0 Å². The lowest BCUT2D eigenvalue weighted by atomic mass is 9.83. The Labute approximate surface area is 219 Å². The number of quaternary nitrogens is 1. The van der Waals surface area contributed by atoms with Gasteiger partial charge in [0.1, 0.15) is 0 Å². The van der Waals surface area contributed by atoms with Crippen LogP contribution in [0.15, 0.2) is 0 Å². The summed E-state index contributed by atoms with van der Waals surface area (Å²) in [6.07, 6.45) is 10.2. The predicted octanol–water partition coefficient (Wildman–Crippen LogP) is 0.167. The van der Waals surface area contributed by atoms with Gasteiger partial charge in [-0.25, -0.2) is 0 Å². The molecule has 5 atom stereocenters. The van der Waals surface area contributed by atoms with E-state index in [9.17, 15) is 14.4 Å². The highest BCUT2D eigenvalue weighted by Gasteiger charge is 2.43. The summed E-state index contributed by atoms with van der Waals surface area (Å²) in [6.45, 7) is 8.05. The van der Waals surface area contributed by atoms with Gasteiger partial charge in [-0.15, -0.1) is 0 Å². The van der Waals surface area contributed by atoms with E-state index >= 15 is 0 Å². The molecule has 202 valence electrons. The first-order valence-corrected chi connectivity index (χ1v) is 13.8. The first kappa shape index (κ1) is 29.9. The molecule has 3 heterocycles. The summed E-state index contributed by atoms with van der Waals surface area (Å²) in [5.41, 5.74) is 5.53. The second kappa shape index (κ2) is 13.3. The van der Waals surface area contributed by atoms with Crippen LogP contribution >= 0.6 is 0 Å². The number of carbonyl (C=O) groups is 3. The second-order valence-electron chi connectivity index (χ2n) is 12.0. The molecule has 0 radical (unpaired) electrons. The van der Waals surface area contributed by atoms with Crippen molar-refractivity contribution >= 4 is 17.7 Å². The molecule has 0 aromatic rings. The Morgan fingerprint density at radius 1 is 0.971 bits per heavy atom. The molecule has 3 aliphatic heterocycles. The van der Waals surface area contributed by atoms with Crippen LogP contribution in [0.5, 0.6) is 0 Å². The highest BCUT2D eigenvalue weighted by molar-refractivity contribution is 5.78. The molecule has 0 spiro atoms. The zero-order valence-electron chi connectivity index (χ0n) is 22.5. The van der Waals surface area contributed by atoms with Gasteiger partial charge in [0.05, 0.1) is 27.2 Å². The molecule has 0 aliphatic carbocycles. The minimum Gasteiger partial charge on any atom is -1.00 e. The number of rotatable bonds is 11. The molecule has 0 aromatic carbocycles. The molecule has 3 amide bonds. The van der Waals surface area contributed by atoms with Crippen molar-refractivity contribution in [3.05, 3.63) is 0 Å². The topological polar surface area (TPSA) is 83.7 Å². The molecule has 3 aliphatic rings. The van der Waals surface area contributed by atoms with Crippen LogP contribution < -0.4 is 18.1 Å². The molecule has 5 unspecified atom stereocenters. The van der Waals surface area contributed by atoms with E-state index in [1.54, 1.807) is 0 Å². The number of nitrogens with zero attached hydrogens (tertiary/aromatic N) is 3. The number of nitrogens with two attached hydrogens (primary N) is 1. The van der Waals surface area contributed by atoms with Gasteiger partial charge in [0.25, 0.3) is 0 Å². The highest BCUT2D eigenvalue weighted by atomic mass is 35.5. The highest BCUT2D eigenvalue weighted by Crippen LogP contribution is 2.37. The maximum absolute atomic E-state index is 12.9. The average Bonchev–Trinajstić information content (AvgIpc) is 3.25. The molecule has 3 fully saturated rings. The Balaban J connectivity index is 0.00000432. The molecule has 7 nitrogen and oxygen atoms in total. The van der Waals surface area contributed by atoms with Gasteiger partial charge in [0.15, 0.2) is 0 Å². The van der Waals surface area contributed by atoms with E-state index in [4.69, 9.17) is 5.73 Å². The van der Waals surface area contributed by atoms with Crippen molar-refractivity contribution < 1.29 is 31.3 Å². The molecule has 3 rings (SSSR count). The van der Waals surface area contributed by atoms with Crippen molar-refractivity contribution in [1.82, 2.24) is 9.80 Å². The average molecular weight is 513 g/mol. The fourth-order valence-electron chi connectivity index (χ4n) is 6.82. The molecule has 0 saturated carbocycles. The Bertz CT molecular complexity index is 731. The smallest absolute Gasteiger partial charge is 0.222 e. The van der Waals surface area contributed by atoms with Crippen LogP contribution in [0.4, 0.5) is 0 Å². The van der Waals surface area contributed by atoms with Crippen molar-refractivity contribution in [3.63, 3.8) is 0 Å². The van der Waals surface area contributed by atoms with Crippen LogP contribution in [0.25, 0.3) is 0 Å². The third-order valence-electron chi connectivity index (χ3n) is 8.77. The normalized spacial score (nSPS) is 27.3. The van der Waals surface area contributed by atoms with E-state index in [-0.39, 0.29) is 42.2 Å². The van der Waals surface area contributed by atoms with Crippen molar-refractivity contribution in [3.8, 4) is 0 Å². The van der Waals surface area contributed by atoms with Crippen molar-refractivity contribution in [2.75, 3.05) is 40.3 Å². The van der Waals surface area contributed by atoms with Crippen LogP contribution in [-0.4, -0.2) is 84.4 Å². The fourth-order valence-corrected chi connectivity index (χ4v) is 6.82. The van der Waals surface area contributed by atoms with E-state index in [2.05, 4.69) is 30.8 Å². The zero-order chi connectivity index (χ0) is 24.9. The second-order valence-corrected chi connectivity index (χ2v) is 12.0. The lowest BCUT2D eigenvalue weighted by Gasteiger charge is -2.37. The number of hydrogen-bond donors (Lipinski definition) is 1.